The molecule has 0 saturated carbocycles. The lowest BCUT2D eigenvalue weighted by atomic mass is 9.81. The number of urea groups is 1. The lowest BCUT2D eigenvalue weighted by Gasteiger charge is -2.27. The molecule has 2 rings (SSSR count). The summed E-state index contributed by atoms with van der Waals surface area (Å²) in [5.41, 5.74) is 3.53. The van der Waals surface area contributed by atoms with Crippen LogP contribution in [-0.4, -0.2) is 77.5 Å². The SMILES string of the molecule is CC(C)C[C@@H](C(=O)NN1C(=O)CN(CCN(C)C)C1=O)[C@H](CCCc1ccccc1)C(=O)O. The van der Waals surface area contributed by atoms with E-state index >= 15 is 0 Å². The van der Waals surface area contributed by atoms with Crippen molar-refractivity contribution in [2.75, 3.05) is 33.7 Å². The first kappa shape index (κ1) is 26.3. The largest absolute Gasteiger partial charge is 0.481 e. The van der Waals surface area contributed by atoms with Crippen LogP contribution in [0.25, 0.3) is 0 Å². The minimum absolute atomic E-state index is 0.0679. The molecular weight excluding hydrogens is 424 g/mol. The molecule has 1 saturated heterocycles. The van der Waals surface area contributed by atoms with Crippen molar-refractivity contribution in [1.29, 1.82) is 0 Å². The van der Waals surface area contributed by atoms with Crippen LogP contribution in [0.5, 0.6) is 0 Å². The first-order chi connectivity index (χ1) is 15.6. The van der Waals surface area contributed by atoms with Gasteiger partial charge in [-0.25, -0.2) is 4.79 Å². The number of carboxylic acid groups (broad SMARTS) is 1. The Morgan fingerprint density at radius 2 is 1.79 bits per heavy atom. The monoisotopic (exact) mass is 460 g/mol. The van der Waals surface area contributed by atoms with Crippen molar-refractivity contribution < 1.29 is 24.3 Å². The molecule has 1 fully saturated rings. The summed E-state index contributed by atoms with van der Waals surface area (Å²) in [4.78, 5) is 53.5. The van der Waals surface area contributed by atoms with Crippen molar-refractivity contribution in [3.63, 3.8) is 0 Å². The van der Waals surface area contributed by atoms with E-state index in [4.69, 9.17) is 0 Å². The van der Waals surface area contributed by atoms with Gasteiger partial charge < -0.3 is 14.9 Å². The predicted molar refractivity (Wildman–Crippen MR) is 124 cm³/mol. The van der Waals surface area contributed by atoms with Crippen LogP contribution in [-0.2, 0) is 20.8 Å². The van der Waals surface area contributed by atoms with Crippen LogP contribution < -0.4 is 5.43 Å². The van der Waals surface area contributed by atoms with Gasteiger partial charge in [0.1, 0.15) is 6.54 Å². The maximum Gasteiger partial charge on any atom is 0.346 e. The highest BCUT2D eigenvalue weighted by atomic mass is 16.4. The van der Waals surface area contributed by atoms with Crippen LogP contribution in [0.4, 0.5) is 4.79 Å². The Labute approximate surface area is 195 Å². The number of benzene rings is 1. The fraction of sp³-hybridized carbons (Fsp3) is 0.583. The van der Waals surface area contributed by atoms with Gasteiger partial charge in [0.05, 0.1) is 11.8 Å². The lowest BCUT2D eigenvalue weighted by molar-refractivity contribution is -0.149. The fourth-order valence-electron chi connectivity index (χ4n) is 3.98. The van der Waals surface area contributed by atoms with Gasteiger partial charge in [-0.1, -0.05) is 44.2 Å². The number of hydrazine groups is 1. The van der Waals surface area contributed by atoms with E-state index in [0.717, 1.165) is 10.6 Å². The summed E-state index contributed by atoms with van der Waals surface area (Å²) in [6.45, 7) is 4.66. The molecule has 182 valence electrons. The van der Waals surface area contributed by atoms with Crippen LogP contribution in [0.15, 0.2) is 30.3 Å². The number of aliphatic carboxylic acids is 1. The Morgan fingerprint density at radius 3 is 2.36 bits per heavy atom. The molecule has 0 unspecified atom stereocenters. The van der Waals surface area contributed by atoms with Crippen molar-refractivity contribution in [3.05, 3.63) is 35.9 Å². The molecule has 1 heterocycles. The number of likely N-dealkylation sites (N-methyl/N-ethyl adjacent to an activating group) is 1. The molecule has 1 aliphatic rings. The van der Waals surface area contributed by atoms with E-state index in [0.29, 0.717) is 38.8 Å². The zero-order valence-electron chi connectivity index (χ0n) is 20.0. The highest BCUT2D eigenvalue weighted by molar-refractivity contribution is 6.03. The van der Waals surface area contributed by atoms with Gasteiger partial charge in [-0.3, -0.25) is 19.8 Å². The zero-order valence-corrected chi connectivity index (χ0v) is 20.0. The van der Waals surface area contributed by atoms with Crippen LogP contribution in [0.1, 0.15) is 38.7 Å². The summed E-state index contributed by atoms with van der Waals surface area (Å²) in [7, 11) is 3.73. The van der Waals surface area contributed by atoms with E-state index in [1.54, 1.807) is 0 Å². The number of amides is 4. The normalized spacial score (nSPS) is 15.9. The Hall–Kier alpha value is -2.94. The average molecular weight is 461 g/mol. The lowest BCUT2D eigenvalue weighted by Crippen LogP contribution is -2.51. The average Bonchev–Trinajstić information content (AvgIpc) is 3.01. The summed E-state index contributed by atoms with van der Waals surface area (Å²) in [6, 6.07) is 9.18. The summed E-state index contributed by atoms with van der Waals surface area (Å²) in [5, 5.41) is 10.6. The predicted octanol–water partition coefficient (Wildman–Crippen LogP) is 2.23. The molecule has 2 N–H and O–H groups in total. The van der Waals surface area contributed by atoms with E-state index < -0.39 is 35.7 Å². The van der Waals surface area contributed by atoms with E-state index in [-0.39, 0.29) is 12.5 Å². The minimum atomic E-state index is -1.05. The van der Waals surface area contributed by atoms with Crippen molar-refractivity contribution in [2.24, 2.45) is 17.8 Å². The summed E-state index contributed by atoms with van der Waals surface area (Å²) in [6.07, 6.45) is 1.99. The molecule has 1 aliphatic heterocycles. The maximum atomic E-state index is 13.1. The van der Waals surface area contributed by atoms with E-state index in [1.807, 2.05) is 63.2 Å². The maximum absolute atomic E-state index is 13.1. The number of carbonyl (C=O) groups excluding carboxylic acids is 3. The molecule has 0 radical (unpaired) electrons. The van der Waals surface area contributed by atoms with Crippen LogP contribution in [0, 0.1) is 17.8 Å². The first-order valence-corrected chi connectivity index (χ1v) is 11.4. The Bertz CT molecular complexity index is 827. The molecule has 9 nitrogen and oxygen atoms in total. The number of aryl methyl sites for hydroxylation is 1. The minimum Gasteiger partial charge on any atom is -0.481 e. The van der Waals surface area contributed by atoms with Crippen molar-refractivity contribution >= 4 is 23.8 Å². The number of hydrogen-bond donors (Lipinski definition) is 2. The van der Waals surface area contributed by atoms with E-state index in [1.165, 1.54) is 4.90 Å². The van der Waals surface area contributed by atoms with Gasteiger partial charge in [0.15, 0.2) is 0 Å². The quantitative estimate of drug-likeness (QED) is 0.437. The smallest absolute Gasteiger partial charge is 0.346 e. The van der Waals surface area contributed by atoms with E-state index in [9.17, 15) is 24.3 Å². The number of imide groups is 1. The number of nitrogens with zero attached hydrogens (tertiary/aromatic N) is 3. The first-order valence-electron chi connectivity index (χ1n) is 11.4. The second kappa shape index (κ2) is 12.3. The van der Waals surface area contributed by atoms with Gasteiger partial charge in [-0.2, -0.15) is 5.01 Å². The third-order valence-electron chi connectivity index (χ3n) is 5.76. The molecule has 2 atom stereocenters. The Kier molecular flexibility index (Phi) is 9.84. The topological polar surface area (TPSA) is 110 Å². The Morgan fingerprint density at radius 1 is 1.12 bits per heavy atom. The highest BCUT2D eigenvalue weighted by Crippen LogP contribution is 2.27. The zero-order chi connectivity index (χ0) is 24.5. The second-order valence-electron chi connectivity index (χ2n) is 9.27. The number of rotatable bonds is 13. The summed E-state index contributed by atoms with van der Waals surface area (Å²) < 4.78 is 0. The van der Waals surface area contributed by atoms with Crippen LogP contribution in [0.2, 0.25) is 0 Å². The third kappa shape index (κ3) is 7.85. The molecule has 1 aromatic rings. The number of hydrogen-bond acceptors (Lipinski definition) is 5. The summed E-state index contributed by atoms with van der Waals surface area (Å²) >= 11 is 0. The second-order valence-corrected chi connectivity index (χ2v) is 9.27. The number of nitrogens with one attached hydrogen (secondary N) is 1. The molecule has 4 amide bonds. The molecule has 0 aliphatic carbocycles. The third-order valence-corrected chi connectivity index (χ3v) is 5.76. The highest BCUT2D eigenvalue weighted by Gasteiger charge is 2.40. The summed E-state index contributed by atoms with van der Waals surface area (Å²) in [5.74, 6) is -3.87. The molecule has 0 spiro atoms. The van der Waals surface area contributed by atoms with Gasteiger partial charge in [0.25, 0.3) is 5.91 Å². The van der Waals surface area contributed by atoms with E-state index in [2.05, 4.69) is 5.43 Å². The van der Waals surface area contributed by atoms with Gasteiger partial charge in [0, 0.05) is 13.1 Å². The molecule has 1 aromatic carbocycles. The molecular formula is C24H36N4O5. The fourth-order valence-corrected chi connectivity index (χ4v) is 3.98. The van der Waals surface area contributed by atoms with Crippen molar-refractivity contribution in [2.45, 2.75) is 39.5 Å². The van der Waals surface area contributed by atoms with Gasteiger partial charge in [-0.15, -0.1) is 0 Å². The molecule has 33 heavy (non-hydrogen) atoms. The Balaban J connectivity index is 2.07. The van der Waals surface area contributed by atoms with Crippen molar-refractivity contribution in [1.82, 2.24) is 20.2 Å². The molecule has 0 bridgehead atoms. The number of carbonyl (C=O) groups is 4. The van der Waals surface area contributed by atoms with Crippen LogP contribution in [0.3, 0.4) is 0 Å². The van der Waals surface area contributed by atoms with Gasteiger partial charge >= 0.3 is 12.0 Å². The molecule has 0 aromatic heterocycles. The van der Waals surface area contributed by atoms with Crippen LogP contribution >= 0.6 is 0 Å². The number of carboxylic acids is 1. The van der Waals surface area contributed by atoms with Gasteiger partial charge in [0.2, 0.25) is 5.91 Å². The molecule has 9 heteroatoms. The van der Waals surface area contributed by atoms with Gasteiger partial charge in [-0.05, 0) is 51.3 Å². The van der Waals surface area contributed by atoms with Crippen molar-refractivity contribution in [3.8, 4) is 0 Å². The standard InChI is InChI=1S/C24H36N4O5/c1-17(2)15-20(19(23(31)32)12-8-11-18-9-6-5-7-10-18)22(30)25-28-21(29)16-27(24(28)33)14-13-26(3)4/h5-7,9-10,17,19-20H,8,11-16H2,1-4H3,(H,25,30)(H,31,32)/t19-,20+/m0/s1.